The number of ether oxygens (including phenoxy) is 1. The summed E-state index contributed by atoms with van der Waals surface area (Å²) < 4.78 is 6.29. The molecular formula is C26H35N3O2. The van der Waals surface area contributed by atoms with E-state index in [1.165, 1.54) is 12.0 Å². The molecule has 0 aromatic heterocycles. The minimum absolute atomic E-state index is 0.00469. The summed E-state index contributed by atoms with van der Waals surface area (Å²) >= 11 is 0. The molecule has 2 aromatic carbocycles. The van der Waals surface area contributed by atoms with Crippen LogP contribution in [0.2, 0.25) is 0 Å². The zero-order valence-electron chi connectivity index (χ0n) is 18.9. The van der Waals surface area contributed by atoms with E-state index < -0.39 is 6.23 Å². The molecule has 0 amide bonds. The van der Waals surface area contributed by atoms with Crippen LogP contribution in [0.1, 0.15) is 56.7 Å². The van der Waals surface area contributed by atoms with E-state index in [2.05, 4.69) is 82.8 Å². The number of hydrogen-bond acceptors (Lipinski definition) is 5. The second-order valence-corrected chi connectivity index (χ2v) is 8.57. The van der Waals surface area contributed by atoms with Gasteiger partial charge < -0.3 is 14.9 Å². The van der Waals surface area contributed by atoms with Crippen LogP contribution in [-0.2, 0) is 0 Å². The summed E-state index contributed by atoms with van der Waals surface area (Å²) in [6, 6.07) is 19.3. The first-order valence-corrected chi connectivity index (χ1v) is 11.5. The molecule has 2 aromatic rings. The monoisotopic (exact) mass is 421 g/mol. The molecule has 1 unspecified atom stereocenters. The Hall–Kier alpha value is -2.34. The fourth-order valence-corrected chi connectivity index (χ4v) is 4.98. The SMILES string of the molecule is C/C=C\N(C)N1[C@@H](c2ccccc2)c2ccccc2OCC[C@@H]1N(C(C)O)C1CCC1. The van der Waals surface area contributed by atoms with E-state index in [0.29, 0.717) is 12.6 Å². The van der Waals surface area contributed by atoms with Crippen LogP contribution in [0.5, 0.6) is 5.75 Å². The van der Waals surface area contributed by atoms with Crippen molar-refractivity contribution in [3.8, 4) is 5.75 Å². The summed E-state index contributed by atoms with van der Waals surface area (Å²) in [4.78, 5) is 2.30. The largest absolute Gasteiger partial charge is 0.493 e. The molecule has 1 aliphatic carbocycles. The number of rotatable bonds is 6. The lowest BCUT2D eigenvalue weighted by atomic mass is 9.89. The number of nitrogens with zero attached hydrogens (tertiary/aromatic N) is 3. The Balaban J connectivity index is 1.88. The van der Waals surface area contributed by atoms with Gasteiger partial charge in [-0.1, -0.05) is 61.0 Å². The third-order valence-electron chi connectivity index (χ3n) is 6.53. The minimum atomic E-state index is -0.525. The lowest BCUT2D eigenvalue weighted by molar-refractivity contribution is -0.172. The topological polar surface area (TPSA) is 39.2 Å². The Morgan fingerprint density at radius 3 is 2.42 bits per heavy atom. The maximum atomic E-state index is 10.9. The van der Waals surface area contributed by atoms with Crippen LogP contribution in [0.25, 0.3) is 0 Å². The van der Waals surface area contributed by atoms with E-state index in [1.807, 2.05) is 19.9 Å². The molecule has 4 rings (SSSR count). The molecule has 31 heavy (non-hydrogen) atoms. The van der Waals surface area contributed by atoms with Crippen LogP contribution in [0.15, 0.2) is 66.9 Å². The summed E-state index contributed by atoms with van der Waals surface area (Å²) in [5.74, 6) is 0.931. The molecule has 0 bridgehead atoms. The van der Waals surface area contributed by atoms with Crippen molar-refractivity contribution in [1.29, 1.82) is 0 Å². The van der Waals surface area contributed by atoms with Crippen LogP contribution in [0, 0.1) is 0 Å². The second-order valence-electron chi connectivity index (χ2n) is 8.57. The highest BCUT2D eigenvalue weighted by molar-refractivity contribution is 5.42. The molecule has 166 valence electrons. The molecule has 2 aliphatic rings. The first-order valence-electron chi connectivity index (χ1n) is 11.5. The maximum absolute atomic E-state index is 10.9. The van der Waals surface area contributed by atoms with Crippen LogP contribution in [0.4, 0.5) is 0 Å². The Kier molecular flexibility index (Phi) is 6.96. The zero-order valence-corrected chi connectivity index (χ0v) is 18.9. The number of aliphatic hydroxyl groups excluding tert-OH is 1. The van der Waals surface area contributed by atoms with Crippen LogP contribution >= 0.6 is 0 Å². The molecule has 1 saturated carbocycles. The van der Waals surface area contributed by atoms with E-state index >= 15 is 0 Å². The Morgan fingerprint density at radius 1 is 1.06 bits per heavy atom. The van der Waals surface area contributed by atoms with Crippen molar-refractivity contribution in [2.75, 3.05) is 13.7 Å². The number of para-hydroxylation sites is 1. The molecule has 0 radical (unpaired) electrons. The fraction of sp³-hybridized carbons (Fsp3) is 0.462. The van der Waals surface area contributed by atoms with E-state index in [-0.39, 0.29) is 12.2 Å². The van der Waals surface area contributed by atoms with Gasteiger partial charge in [-0.3, -0.25) is 4.90 Å². The third-order valence-corrected chi connectivity index (χ3v) is 6.53. The number of aliphatic hydroxyl groups is 1. The number of hydrazine groups is 1. The first-order chi connectivity index (χ1) is 15.1. The first kappa shape index (κ1) is 21.9. The smallest absolute Gasteiger partial charge is 0.124 e. The number of benzene rings is 2. The molecule has 0 spiro atoms. The fourth-order valence-electron chi connectivity index (χ4n) is 4.98. The molecule has 5 nitrogen and oxygen atoms in total. The Morgan fingerprint density at radius 2 is 1.77 bits per heavy atom. The highest BCUT2D eigenvalue weighted by Crippen LogP contribution is 2.41. The highest BCUT2D eigenvalue weighted by atomic mass is 16.5. The van der Waals surface area contributed by atoms with E-state index in [9.17, 15) is 5.11 Å². The predicted octanol–water partition coefficient (Wildman–Crippen LogP) is 4.76. The number of fused-ring (bicyclic) bond motifs is 1. The Bertz CT molecular complexity index is 866. The standard InChI is InChI=1S/C26H35N3O2/c1-4-18-27(3)29-25(28(20(2)30)22-13-10-14-22)17-19-31-24-16-9-8-15-23(24)26(29)21-11-6-5-7-12-21/h4-9,11-12,15-16,18,20,22,25-26,30H,10,13-14,17,19H2,1-3H3/b18-4-/t20?,25-,26+/m1/s1. The normalized spacial score (nSPS) is 23.5. The van der Waals surface area contributed by atoms with Gasteiger partial charge in [-0.2, -0.15) is 5.01 Å². The molecule has 5 heteroatoms. The Labute approximate surface area is 186 Å². The number of allylic oxidation sites excluding steroid dienone is 1. The predicted molar refractivity (Wildman–Crippen MR) is 124 cm³/mol. The van der Waals surface area contributed by atoms with Gasteiger partial charge in [-0.15, -0.1) is 0 Å². The van der Waals surface area contributed by atoms with E-state index in [1.54, 1.807) is 0 Å². The summed E-state index contributed by atoms with van der Waals surface area (Å²) in [6.07, 6.45) is 7.96. The second kappa shape index (κ2) is 9.86. The minimum Gasteiger partial charge on any atom is -0.493 e. The maximum Gasteiger partial charge on any atom is 0.124 e. The number of hydrogen-bond donors (Lipinski definition) is 1. The van der Waals surface area contributed by atoms with Crippen molar-refractivity contribution in [2.24, 2.45) is 0 Å². The van der Waals surface area contributed by atoms with Gasteiger partial charge in [-0.25, -0.2) is 0 Å². The zero-order chi connectivity index (χ0) is 21.8. The quantitative estimate of drug-likeness (QED) is 0.681. The third kappa shape index (κ3) is 4.49. The van der Waals surface area contributed by atoms with Crippen LogP contribution < -0.4 is 4.74 Å². The molecular weight excluding hydrogens is 386 g/mol. The van der Waals surface area contributed by atoms with Gasteiger partial charge in [0.2, 0.25) is 0 Å². The van der Waals surface area contributed by atoms with Gasteiger partial charge in [0.25, 0.3) is 0 Å². The average Bonchev–Trinajstić information content (AvgIpc) is 2.72. The lowest BCUT2D eigenvalue weighted by Crippen LogP contribution is -2.62. The highest BCUT2D eigenvalue weighted by Gasteiger charge is 2.42. The van der Waals surface area contributed by atoms with Crippen molar-refractivity contribution in [2.45, 2.75) is 64.0 Å². The van der Waals surface area contributed by atoms with Crippen molar-refractivity contribution in [1.82, 2.24) is 14.9 Å². The summed E-state index contributed by atoms with van der Waals surface area (Å²) in [6.45, 7) is 4.55. The summed E-state index contributed by atoms with van der Waals surface area (Å²) in [5.41, 5.74) is 2.36. The average molecular weight is 422 g/mol. The van der Waals surface area contributed by atoms with E-state index in [0.717, 1.165) is 30.6 Å². The van der Waals surface area contributed by atoms with Gasteiger partial charge >= 0.3 is 0 Å². The lowest BCUT2D eigenvalue weighted by Gasteiger charge is -2.53. The van der Waals surface area contributed by atoms with Gasteiger partial charge in [-0.05, 0) is 38.3 Å². The van der Waals surface area contributed by atoms with Crippen molar-refractivity contribution in [3.05, 3.63) is 78.0 Å². The van der Waals surface area contributed by atoms with E-state index in [4.69, 9.17) is 4.74 Å². The molecule has 1 fully saturated rings. The van der Waals surface area contributed by atoms with Crippen molar-refractivity contribution >= 4 is 0 Å². The van der Waals surface area contributed by atoms with Gasteiger partial charge in [0.1, 0.15) is 12.0 Å². The summed E-state index contributed by atoms with van der Waals surface area (Å²) in [7, 11) is 2.11. The molecule has 1 N–H and O–H groups in total. The molecule has 1 heterocycles. The molecule has 1 aliphatic heterocycles. The van der Waals surface area contributed by atoms with Crippen LogP contribution in [0.3, 0.4) is 0 Å². The van der Waals surface area contributed by atoms with Gasteiger partial charge in [0.15, 0.2) is 0 Å². The summed E-state index contributed by atoms with van der Waals surface area (Å²) in [5, 5.41) is 15.5. The molecule has 0 saturated heterocycles. The van der Waals surface area contributed by atoms with Crippen molar-refractivity contribution in [3.63, 3.8) is 0 Å². The van der Waals surface area contributed by atoms with Crippen LogP contribution in [-0.4, -0.2) is 52.1 Å². The van der Waals surface area contributed by atoms with Gasteiger partial charge in [0, 0.05) is 31.3 Å². The van der Waals surface area contributed by atoms with Gasteiger partial charge in [0.05, 0.1) is 18.8 Å². The molecule has 3 atom stereocenters. The van der Waals surface area contributed by atoms with Crippen molar-refractivity contribution < 1.29 is 9.84 Å².